The third kappa shape index (κ3) is 2.30. The van der Waals surface area contributed by atoms with E-state index in [1.807, 2.05) is 0 Å². The lowest BCUT2D eigenvalue weighted by Crippen LogP contribution is -2.27. The summed E-state index contributed by atoms with van der Waals surface area (Å²) in [6.07, 6.45) is 5.00. The Morgan fingerprint density at radius 1 is 1.41 bits per heavy atom. The van der Waals surface area contributed by atoms with Gasteiger partial charge in [0, 0.05) is 19.3 Å². The molecule has 6 nitrogen and oxygen atoms in total. The molecule has 0 radical (unpaired) electrons. The van der Waals surface area contributed by atoms with Crippen LogP contribution >= 0.6 is 0 Å². The molecule has 6 heteroatoms. The maximum atomic E-state index is 12.0. The van der Waals surface area contributed by atoms with Gasteiger partial charge in [0.05, 0.1) is 11.8 Å². The van der Waals surface area contributed by atoms with Crippen LogP contribution in [0.25, 0.3) is 0 Å². The average Bonchev–Trinajstić information content (AvgIpc) is 2.98. The average molecular weight is 237 g/mol. The number of rotatable bonds is 3. The van der Waals surface area contributed by atoms with Crippen molar-refractivity contribution < 1.29 is 14.7 Å². The zero-order chi connectivity index (χ0) is 12.4. The molecule has 2 rings (SSSR count). The molecule has 1 fully saturated rings. The number of aliphatic carboxylic acids is 1. The van der Waals surface area contributed by atoms with Crippen LogP contribution in [0.5, 0.6) is 0 Å². The molecule has 1 unspecified atom stereocenters. The fraction of sp³-hybridized carbons (Fsp3) is 0.545. The van der Waals surface area contributed by atoms with Gasteiger partial charge in [0.1, 0.15) is 6.04 Å². The van der Waals surface area contributed by atoms with Crippen LogP contribution < -0.4 is 0 Å². The van der Waals surface area contributed by atoms with Gasteiger partial charge in [0.15, 0.2) is 0 Å². The van der Waals surface area contributed by atoms with Gasteiger partial charge < -0.3 is 10.0 Å². The van der Waals surface area contributed by atoms with E-state index in [9.17, 15) is 9.59 Å². The van der Waals surface area contributed by atoms with Crippen LogP contribution in [0, 0.1) is 0 Å². The summed E-state index contributed by atoms with van der Waals surface area (Å²) in [4.78, 5) is 24.5. The Kier molecular flexibility index (Phi) is 3.12. The second kappa shape index (κ2) is 4.57. The molecule has 1 N–H and O–H groups in total. The van der Waals surface area contributed by atoms with E-state index in [4.69, 9.17) is 5.11 Å². The normalized spacial score (nSPS) is 17.1. The van der Waals surface area contributed by atoms with Crippen LogP contribution in [0.1, 0.15) is 36.2 Å². The van der Waals surface area contributed by atoms with Crippen molar-refractivity contribution in [2.75, 3.05) is 13.1 Å². The summed E-state index contributed by atoms with van der Waals surface area (Å²) >= 11 is 0. The summed E-state index contributed by atoms with van der Waals surface area (Å²) < 4.78 is 1.30. The second-order valence-corrected chi connectivity index (χ2v) is 4.22. The number of carboxylic acid groups (broad SMARTS) is 1. The highest BCUT2D eigenvalue weighted by molar-refractivity contribution is 5.94. The topological polar surface area (TPSA) is 75.4 Å². The second-order valence-electron chi connectivity index (χ2n) is 4.22. The Morgan fingerprint density at radius 2 is 2.06 bits per heavy atom. The zero-order valence-electron chi connectivity index (χ0n) is 9.67. The van der Waals surface area contributed by atoms with E-state index in [-0.39, 0.29) is 5.91 Å². The minimum Gasteiger partial charge on any atom is -0.480 e. The lowest BCUT2D eigenvalue weighted by Gasteiger charge is -2.13. The minimum absolute atomic E-state index is 0.0636. The molecule has 17 heavy (non-hydrogen) atoms. The molecule has 2 heterocycles. The van der Waals surface area contributed by atoms with Gasteiger partial charge in [0.2, 0.25) is 0 Å². The van der Waals surface area contributed by atoms with Gasteiger partial charge in [-0.2, -0.15) is 5.10 Å². The van der Waals surface area contributed by atoms with Crippen LogP contribution in [0.15, 0.2) is 12.4 Å². The number of carbonyl (C=O) groups excluding carboxylic acids is 1. The van der Waals surface area contributed by atoms with E-state index >= 15 is 0 Å². The van der Waals surface area contributed by atoms with Crippen LogP contribution in [0.2, 0.25) is 0 Å². The van der Waals surface area contributed by atoms with Crippen molar-refractivity contribution >= 4 is 11.9 Å². The summed E-state index contributed by atoms with van der Waals surface area (Å²) in [7, 11) is 0. The number of hydrogen-bond donors (Lipinski definition) is 1. The van der Waals surface area contributed by atoms with E-state index in [2.05, 4.69) is 5.10 Å². The maximum absolute atomic E-state index is 12.0. The van der Waals surface area contributed by atoms with Crippen molar-refractivity contribution in [2.24, 2.45) is 0 Å². The number of carboxylic acids is 1. The van der Waals surface area contributed by atoms with Crippen molar-refractivity contribution in [1.82, 2.24) is 14.7 Å². The summed E-state index contributed by atoms with van der Waals surface area (Å²) in [5, 5.41) is 12.8. The summed E-state index contributed by atoms with van der Waals surface area (Å²) in [5.74, 6) is -1.03. The summed E-state index contributed by atoms with van der Waals surface area (Å²) in [5.41, 5.74) is 0.458. The number of carbonyl (C=O) groups is 2. The Labute approximate surface area is 98.8 Å². The van der Waals surface area contributed by atoms with Gasteiger partial charge in [-0.25, -0.2) is 4.79 Å². The van der Waals surface area contributed by atoms with Crippen molar-refractivity contribution in [1.29, 1.82) is 0 Å². The fourth-order valence-electron chi connectivity index (χ4n) is 1.88. The molecule has 92 valence electrons. The first-order valence-corrected chi connectivity index (χ1v) is 5.66. The molecule has 1 atom stereocenters. The van der Waals surface area contributed by atoms with E-state index in [0.717, 1.165) is 25.9 Å². The van der Waals surface area contributed by atoms with Crippen LogP contribution in [0.3, 0.4) is 0 Å². The van der Waals surface area contributed by atoms with Crippen molar-refractivity contribution in [3.05, 3.63) is 18.0 Å². The predicted octanol–water partition coefficient (Wildman–Crippen LogP) is 0.765. The van der Waals surface area contributed by atoms with Crippen molar-refractivity contribution in [3.8, 4) is 0 Å². The van der Waals surface area contributed by atoms with Gasteiger partial charge >= 0.3 is 5.97 Å². The predicted molar refractivity (Wildman–Crippen MR) is 59.7 cm³/mol. The molecule has 1 aromatic rings. The Balaban J connectivity index is 2.12. The standard InChI is InChI=1S/C11H15N3O3/c1-8(11(16)17)14-7-9(6-12-14)10(15)13-4-2-3-5-13/h6-8H,2-5H2,1H3,(H,16,17). The van der Waals surface area contributed by atoms with Crippen LogP contribution in [-0.2, 0) is 4.79 Å². The SMILES string of the molecule is CC(C(=O)O)n1cc(C(=O)N2CCCC2)cn1. The first kappa shape index (κ1) is 11.6. The number of likely N-dealkylation sites (tertiary alicyclic amines) is 1. The highest BCUT2D eigenvalue weighted by Crippen LogP contribution is 2.13. The monoisotopic (exact) mass is 237 g/mol. The molecule has 1 aromatic heterocycles. The van der Waals surface area contributed by atoms with Gasteiger partial charge in [-0.3, -0.25) is 9.48 Å². The smallest absolute Gasteiger partial charge is 0.328 e. The lowest BCUT2D eigenvalue weighted by molar-refractivity contribution is -0.140. The van der Waals surface area contributed by atoms with Gasteiger partial charge in [0.25, 0.3) is 5.91 Å². The van der Waals surface area contributed by atoms with Gasteiger partial charge in [-0.15, -0.1) is 0 Å². The molecule has 1 saturated heterocycles. The summed E-state index contributed by atoms with van der Waals surface area (Å²) in [6, 6.07) is -0.755. The van der Waals surface area contributed by atoms with E-state index in [1.54, 1.807) is 4.90 Å². The minimum atomic E-state index is -0.965. The first-order valence-electron chi connectivity index (χ1n) is 5.66. The fourth-order valence-corrected chi connectivity index (χ4v) is 1.88. The largest absolute Gasteiger partial charge is 0.480 e. The molecule has 0 aromatic carbocycles. The highest BCUT2D eigenvalue weighted by Gasteiger charge is 2.22. The third-order valence-electron chi connectivity index (χ3n) is 3.00. The molecular formula is C11H15N3O3. The van der Waals surface area contributed by atoms with Gasteiger partial charge in [-0.1, -0.05) is 0 Å². The van der Waals surface area contributed by atoms with Crippen molar-refractivity contribution in [3.63, 3.8) is 0 Å². The van der Waals surface area contributed by atoms with Crippen LogP contribution in [0.4, 0.5) is 0 Å². The van der Waals surface area contributed by atoms with E-state index in [1.165, 1.54) is 24.0 Å². The van der Waals surface area contributed by atoms with Gasteiger partial charge in [-0.05, 0) is 19.8 Å². The highest BCUT2D eigenvalue weighted by atomic mass is 16.4. The molecule has 0 spiro atoms. The Morgan fingerprint density at radius 3 is 2.65 bits per heavy atom. The quantitative estimate of drug-likeness (QED) is 0.842. The first-order chi connectivity index (χ1) is 8.09. The third-order valence-corrected chi connectivity index (χ3v) is 3.00. The zero-order valence-corrected chi connectivity index (χ0v) is 9.67. The van der Waals surface area contributed by atoms with E-state index in [0.29, 0.717) is 5.56 Å². The maximum Gasteiger partial charge on any atom is 0.328 e. The molecule has 1 aliphatic rings. The number of amides is 1. The number of hydrogen-bond acceptors (Lipinski definition) is 3. The molecule has 0 bridgehead atoms. The molecule has 0 saturated carbocycles. The lowest BCUT2D eigenvalue weighted by atomic mass is 10.3. The van der Waals surface area contributed by atoms with Crippen molar-refractivity contribution in [2.45, 2.75) is 25.8 Å². The summed E-state index contributed by atoms with van der Waals surface area (Å²) in [6.45, 7) is 3.08. The van der Waals surface area contributed by atoms with E-state index < -0.39 is 12.0 Å². The number of aromatic nitrogens is 2. The Bertz CT molecular complexity index is 435. The number of nitrogens with zero attached hydrogens (tertiary/aromatic N) is 3. The Hall–Kier alpha value is -1.85. The molecule has 1 aliphatic heterocycles. The van der Waals surface area contributed by atoms with Crippen LogP contribution in [-0.4, -0.2) is 44.8 Å². The molecule has 0 aliphatic carbocycles. The molecule has 1 amide bonds. The molecular weight excluding hydrogens is 222 g/mol.